The smallest absolute Gasteiger partial charge is 0.453 e. The highest BCUT2D eigenvalue weighted by molar-refractivity contribution is 6.35. The van der Waals surface area contributed by atoms with Gasteiger partial charge >= 0.3 is 12.5 Å². The summed E-state index contributed by atoms with van der Waals surface area (Å²) in [7, 11) is 1.26. The third kappa shape index (κ3) is 10.2. The Hall–Kier alpha value is -6.14. The Labute approximate surface area is 390 Å². The van der Waals surface area contributed by atoms with E-state index in [0.717, 1.165) is 6.07 Å². The number of piperazine rings is 1. The number of pyridine rings is 1. The lowest BCUT2D eigenvalue weighted by Crippen LogP contribution is -2.56. The van der Waals surface area contributed by atoms with E-state index in [2.05, 4.69) is 37.2 Å². The number of alkyl halides is 3. The number of hydrogen-bond acceptors (Lipinski definition) is 10. The molecule has 0 bridgehead atoms. The first-order valence-electron chi connectivity index (χ1n) is 22.4. The summed E-state index contributed by atoms with van der Waals surface area (Å²) in [6, 6.07) is 13.1. The maximum Gasteiger partial charge on any atom is 0.573 e. The molecule has 15 nitrogen and oxygen atoms in total. The number of hydrogen-bond donors (Lipinski definition) is 3. The molecule has 0 aliphatic carbocycles. The number of methoxy groups -OCH3 is 1. The fourth-order valence-corrected chi connectivity index (χ4v) is 9.69. The highest BCUT2D eigenvalue weighted by atomic mass is 35.5. The van der Waals surface area contributed by atoms with Gasteiger partial charge in [0.05, 0.1) is 46.7 Å². The first-order valence-corrected chi connectivity index (χ1v) is 22.7. The molecule has 2 aromatic heterocycles. The van der Waals surface area contributed by atoms with Crippen LogP contribution in [-0.4, -0.2) is 114 Å². The van der Waals surface area contributed by atoms with Crippen LogP contribution < -0.4 is 20.3 Å². The quantitative estimate of drug-likeness (QED) is 0.130. The van der Waals surface area contributed by atoms with Gasteiger partial charge in [-0.2, -0.15) is 0 Å². The Morgan fingerprint density at radius 3 is 2.40 bits per heavy atom. The first-order chi connectivity index (χ1) is 31.8. The van der Waals surface area contributed by atoms with E-state index in [0.29, 0.717) is 103 Å². The minimum Gasteiger partial charge on any atom is -0.453 e. The van der Waals surface area contributed by atoms with Crippen LogP contribution in [0, 0.1) is 17.3 Å². The number of amides is 4. The molecule has 3 fully saturated rings. The first kappa shape index (κ1) is 47.4. The van der Waals surface area contributed by atoms with E-state index in [1.54, 1.807) is 35.2 Å². The Balaban J connectivity index is 1.02. The van der Waals surface area contributed by atoms with Crippen LogP contribution >= 0.6 is 11.6 Å². The molecule has 67 heavy (non-hydrogen) atoms. The zero-order valence-corrected chi connectivity index (χ0v) is 38.9. The number of halogens is 4. The molecule has 0 saturated carbocycles. The van der Waals surface area contributed by atoms with Gasteiger partial charge in [0.1, 0.15) is 23.4 Å². The summed E-state index contributed by atoms with van der Waals surface area (Å²) < 4.78 is 56.8. The monoisotopic (exact) mass is 946 g/mol. The summed E-state index contributed by atoms with van der Waals surface area (Å²) >= 11 is 6.67. The Morgan fingerprint density at radius 2 is 1.73 bits per heavy atom. The number of carbonyl (C=O) groups is 4. The summed E-state index contributed by atoms with van der Waals surface area (Å²) in [5.41, 5.74) is 1.19. The predicted molar refractivity (Wildman–Crippen MR) is 247 cm³/mol. The van der Waals surface area contributed by atoms with E-state index in [4.69, 9.17) is 26.1 Å². The van der Waals surface area contributed by atoms with Crippen molar-refractivity contribution in [1.82, 2.24) is 30.1 Å². The molecule has 3 aromatic carbocycles. The van der Waals surface area contributed by atoms with Gasteiger partial charge in [-0.3, -0.25) is 14.4 Å². The third-order valence-electron chi connectivity index (χ3n) is 12.8. The van der Waals surface area contributed by atoms with Gasteiger partial charge in [-0.05, 0) is 85.4 Å². The highest BCUT2D eigenvalue weighted by Gasteiger charge is 2.42. The molecule has 5 heterocycles. The van der Waals surface area contributed by atoms with Crippen LogP contribution in [0.5, 0.6) is 5.75 Å². The second-order valence-corrected chi connectivity index (χ2v) is 19.1. The molecule has 0 radical (unpaired) electrons. The molecular formula is C48H54ClF3N8O7. The largest absolute Gasteiger partial charge is 0.573 e. The van der Waals surface area contributed by atoms with Crippen molar-refractivity contribution in [2.45, 2.75) is 78.4 Å². The number of fused-ring (bicyclic) bond motifs is 3. The van der Waals surface area contributed by atoms with Crippen LogP contribution in [0.25, 0.3) is 32.9 Å². The van der Waals surface area contributed by atoms with E-state index in [-0.39, 0.29) is 45.8 Å². The number of carbonyl (C=O) groups excluding carboxylic acids is 4. The number of aromatic amines is 1. The molecule has 0 unspecified atom stereocenters. The molecule has 0 spiro atoms. The van der Waals surface area contributed by atoms with Gasteiger partial charge in [0.15, 0.2) is 0 Å². The number of aromatic nitrogens is 3. The number of ether oxygens (including phenoxy) is 3. The topological polar surface area (TPSA) is 171 Å². The highest BCUT2D eigenvalue weighted by Crippen LogP contribution is 2.41. The standard InChI is InChI=1S/C48H54ClF3N8O7/c1-26-19-37(60(24-26)44(62)40(57-46(64)65-6)28-13-17-66-18-14-28)42-55-36-11-8-29-20-30(7-10-32(29)41(36)56-42)33-21-35(49)34(22-38(33)67-48(50,51)52)43(61)54-31-9-12-39(53-23-31)59-16-15-58(25-27(59)2)45(63)47(3,4)5/h7-12,20-23,26-28,37,40H,13-19,24-25H2,1-6H3,(H,54,61)(H,55,56)(H,57,64)/t26-,27+,37-,40-/m0/s1. The van der Waals surface area contributed by atoms with Crippen molar-refractivity contribution in [1.29, 1.82) is 0 Å². The molecule has 5 aromatic rings. The molecular weight excluding hydrogens is 893 g/mol. The normalized spacial score (nSPS) is 20.0. The minimum absolute atomic E-state index is 0.00164. The number of anilines is 2. The van der Waals surface area contributed by atoms with Crippen LogP contribution in [0.4, 0.5) is 29.5 Å². The number of nitrogens with zero attached hydrogens (tertiary/aromatic N) is 5. The van der Waals surface area contributed by atoms with Crippen molar-refractivity contribution in [3.8, 4) is 16.9 Å². The molecule has 4 amide bonds. The van der Waals surface area contributed by atoms with E-state index in [1.807, 2.05) is 44.7 Å². The molecule has 356 valence electrons. The SMILES string of the molecule is COC(=O)N[C@H](C(=O)N1C[C@@H](C)C[C@H]1c1nc2c(ccc3cc(-c4cc(Cl)c(C(=O)Nc5ccc(N6CCN(C(=O)C(C)(C)C)C[C@H]6C)nc5)cc4OC(F)(F)F)ccc32)[nH]1)C1CCOCC1. The van der Waals surface area contributed by atoms with Gasteiger partial charge < -0.3 is 44.5 Å². The molecule has 8 rings (SSSR count). The number of alkyl carbamates (subject to hydrolysis) is 1. The van der Waals surface area contributed by atoms with Crippen molar-refractivity contribution in [2.75, 3.05) is 56.7 Å². The number of likely N-dealkylation sites (tertiary alicyclic amines) is 1. The Kier molecular flexibility index (Phi) is 13.3. The Bertz CT molecular complexity index is 2680. The molecule has 4 atom stereocenters. The second-order valence-electron chi connectivity index (χ2n) is 18.7. The number of H-pyrrole nitrogens is 1. The fraction of sp³-hybridized carbons (Fsp3) is 0.458. The maximum atomic E-state index is 14.3. The lowest BCUT2D eigenvalue weighted by molar-refractivity contribution is -0.274. The van der Waals surface area contributed by atoms with E-state index >= 15 is 0 Å². The van der Waals surface area contributed by atoms with Crippen molar-refractivity contribution in [3.05, 3.63) is 77.2 Å². The lowest BCUT2D eigenvalue weighted by atomic mass is 9.90. The summed E-state index contributed by atoms with van der Waals surface area (Å²) in [5, 5.41) is 6.70. The van der Waals surface area contributed by atoms with Crippen LogP contribution in [0.1, 0.15) is 76.1 Å². The van der Waals surface area contributed by atoms with Crippen molar-refractivity contribution in [3.63, 3.8) is 0 Å². The molecule has 19 heteroatoms. The third-order valence-corrected chi connectivity index (χ3v) is 13.1. The van der Waals surface area contributed by atoms with Gasteiger partial charge in [0.25, 0.3) is 5.91 Å². The summed E-state index contributed by atoms with van der Waals surface area (Å²) in [4.78, 5) is 71.7. The van der Waals surface area contributed by atoms with Gasteiger partial charge in [0, 0.05) is 61.8 Å². The van der Waals surface area contributed by atoms with Crippen LogP contribution in [0.15, 0.2) is 60.8 Å². The summed E-state index contributed by atoms with van der Waals surface area (Å²) in [5.74, 6) is -0.315. The number of rotatable bonds is 9. The average molecular weight is 947 g/mol. The maximum absolute atomic E-state index is 14.3. The van der Waals surface area contributed by atoms with Crippen LogP contribution in [0.2, 0.25) is 5.02 Å². The minimum atomic E-state index is -5.10. The van der Waals surface area contributed by atoms with E-state index in [1.165, 1.54) is 19.4 Å². The number of nitrogens with one attached hydrogen (secondary N) is 3. The Morgan fingerprint density at radius 1 is 0.970 bits per heavy atom. The van der Waals surface area contributed by atoms with Gasteiger partial charge in [-0.15, -0.1) is 13.2 Å². The van der Waals surface area contributed by atoms with Gasteiger partial charge in [-0.1, -0.05) is 57.5 Å². The summed E-state index contributed by atoms with van der Waals surface area (Å²) in [6.45, 7) is 12.8. The molecule has 3 aliphatic heterocycles. The zero-order valence-electron chi connectivity index (χ0n) is 38.1. The second kappa shape index (κ2) is 18.9. The predicted octanol–water partition coefficient (Wildman–Crippen LogP) is 8.73. The van der Waals surface area contributed by atoms with Gasteiger partial charge in [0.2, 0.25) is 11.8 Å². The van der Waals surface area contributed by atoms with Crippen molar-refractivity contribution < 1.29 is 46.6 Å². The summed E-state index contributed by atoms with van der Waals surface area (Å²) in [6.07, 6.45) is -2.48. The average Bonchev–Trinajstić information content (AvgIpc) is 3.91. The van der Waals surface area contributed by atoms with Gasteiger partial charge in [-0.25, -0.2) is 14.8 Å². The van der Waals surface area contributed by atoms with E-state index in [9.17, 15) is 32.3 Å². The van der Waals surface area contributed by atoms with Crippen LogP contribution in [-0.2, 0) is 19.1 Å². The molecule has 3 aliphatic rings. The van der Waals surface area contributed by atoms with Crippen molar-refractivity contribution >= 4 is 68.7 Å². The zero-order chi connectivity index (χ0) is 47.9. The molecule has 3 N–H and O–H groups in total. The number of imidazole rings is 1. The van der Waals surface area contributed by atoms with Crippen molar-refractivity contribution in [2.24, 2.45) is 17.3 Å². The fourth-order valence-electron chi connectivity index (χ4n) is 9.44. The number of benzene rings is 3. The molecule has 3 saturated heterocycles. The van der Waals surface area contributed by atoms with E-state index < -0.39 is 41.6 Å². The lowest BCUT2D eigenvalue weighted by Gasteiger charge is -2.42. The van der Waals surface area contributed by atoms with Crippen LogP contribution in [0.3, 0.4) is 0 Å².